The summed E-state index contributed by atoms with van der Waals surface area (Å²) in [6.45, 7) is 7.00. The first-order chi connectivity index (χ1) is 11.9. The Hall–Kier alpha value is -1.52. The van der Waals surface area contributed by atoms with Crippen LogP contribution in [0.25, 0.3) is 0 Å². The summed E-state index contributed by atoms with van der Waals surface area (Å²) in [4.78, 5) is 26.8. The highest BCUT2D eigenvalue weighted by Gasteiger charge is 2.63. The summed E-state index contributed by atoms with van der Waals surface area (Å²) in [7, 11) is 0. The zero-order chi connectivity index (χ0) is 17.3. The highest BCUT2D eigenvalue weighted by atomic mass is 16.2. The zero-order valence-corrected chi connectivity index (χ0v) is 15.3. The van der Waals surface area contributed by atoms with Crippen molar-refractivity contribution in [2.24, 2.45) is 28.6 Å². The molecule has 0 saturated heterocycles. The van der Waals surface area contributed by atoms with E-state index < -0.39 is 0 Å². The Morgan fingerprint density at radius 1 is 0.920 bits per heavy atom. The van der Waals surface area contributed by atoms with Crippen LogP contribution in [0.1, 0.15) is 71.0 Å². The predicted octanol–water partition coefficient (Wildman–Crippen LogP) is 2.89. The molecule has 0 unspecified atom stereocenters. The van der Waals surface area contributed by atoms with Crippen LogP contribution < -0.4 is 11.4 Å². The van der Waals surface area contributed by atoms with Gasteiger partial charge in [-0.1, -0.05) is 32.9 Å². The molecule has 25 heavy (non-hydrogen) atoms. The third-order valence-electron chi connectivity index (χ3n) is 9.43. The number of nitrogens with zero attached hydrogens (tertiary/aromatic N) is 3. The Morgan fingerprint density at radius 3 is 1.88 bits per heavy atom. The molecule has 0 radical (unpaired) electrons. The molecule has 1 aromatic heterocycles. The van der Waals surface area contributed by atoms with Crippen molar-refractivity contribution >= 4 is 0 Å². The quantitative estimate of drug-likeness (QED) is 0.738. The monoisotopic (exact) mass is 341 g/mol. The molecular formula is C20H27N3O2. The van der Waals surface area contributed by atoms with E-state index in [9.17, 15) is 9.59 Å². The molecule has 7 atom stereocenters. The van der Waals surface area contributed by atoms with Gasteiger partial charge in [0.15, 0.2) is 0 Å². The van der Waals surface area contributed by atoms with Crippen LogP contribution in [0.2, 0.25) is 0 Å². The molecule has 134 valence electrons. The Kier molecular flexibility index (Phi) is 2.38. The summed E-state index contributed by atoms with van der Waals surface area (Å²) >= 11 is 0. The molecule has 6 aliphatic rings. The van der Waals surface area contributed by atoms with Gasteiger partial charge in [-0.3, -0.25) is 0 Å². The number of fused-ring (bicyclic) bond motifs is 2. The van der Waals surface area contributed by atoms with Crippen molar-refractivity contribution in [1.29, 1.82) is 0 Å². The minimum absolute atomic E-state index is 0.0458. The van der Waals surface area contributed by atoms with E-state index in [1.807, 2.05) is 9.36 Å². The number of rotatable bonds is 1. The summed E-state index contributed by atoms with van der Waals surface area (Å²) in [5, 5.41) is 0. The van der Waals surface area contributed by atoms with Gasteiger partial charge in [0.2, 0.25) is 0 Å². The Balaban J connectivity index is 1.56. The Bertz CT molecular complexity index is 880. The fourth-order valence-electron chi connectivity index (χ4n) is 7.29. The molecule has 4 bridgehead atoms. The molecule has 7 rings (SSSR count). The van der Waals surface area contributed by atoms with Gasteiger partial charge < -0.3 is 0 Å². The fraction of sp³-hybridized carbons (Fsp3) is 0.800. The average Bonchev–Trinajstić information content (AvgIpc) is 3.00. The molecule has 2 aliphatic heterocycles. The van der Waals surface area contributed by atoms with Gasteiger partial charge in [-0.05, 0) is 60.7 Å². The second-order valence-electron chi connectivity index (χ2n) is 10.0. The lowest BCUT2D eigenvalue weighted by atomic mass is 9.62. The highest BCUT2D eigenvalue weighted by molar-refractivity contribution is 5.19. The molecule has 5 nitrogen and oxygen atoms in total. The van der Waals surface area contributed by atoms with Gasteiger partial charge in [0.1, 0.15) is 0 Å². The average molecular weight is 341 g/mol. The number of aromatic nitrogens is 3. The van der Waals surface area contributed by atoms with E-state index in [-0.39, 0.29) is 40.3 Å². The Morgan fingerprint density at radius 2 is 1.48 bits per heavy atom. The van der Waals surface area contributed by atoms with Crippen molar-refractivity contribution in [3.63, 3.8) is 0 Å². The molecule has 3 fully saturated rings. The summed E-state index contributed by atoms with van der Waals surface area (Å²) < 4.78 is 5.30. The number of hydrogen-bond acceptors (Lipinski definition) is 2. The molecule has 4 aliphatic carbocycles. The molecular weight excluding hydrogens is 314 g/mol. The molecule has 5 heteroatoms. The summed E-state index contributed by atoms with van der Waals surface area (Å²) in [5.74, 6) is 1.76. The van der Waals surface area contributed by atoms with E-state index in [1.54, 1.807) is 4.57 Å². The summed E-state index contributed by atoms with van der Waals surface area (Å²) in [5.41, 5.74) is 0.144. The molecule has 0 aromatic carbocycles. The summed E-state index contributed by atoms with van der Waals surface area (Å²) in [6.07, 6.45) is 10.1. The maximum Gasteiger partial charge on any atom is 0.348 e. The van der Waals surface area contributed by atoms with E-state index in [0.717, 1.165) is 12.8 Å². The van der Waals surface area contributed by atoms with Gasteiger partial charge in [-0.2, -0.15) is 0 Å². The second-order valence-corrected chi connectivity index (χ2v) is 10.0. The van der Waals surface area contributed by atoms with Gasteiger partial charge in [-0.15, -0.1) is 0 Å². The van der Waals surface area contributed by atoms with Gasteiger partial charge >= 0.3 is 11.4 Å². The van der Waals surface area contributed by atoms with Crippen LogP contribution in [0.15, 0.2) is 21.7 Å². The molecule has 1 aromatic rings. The van der Waals surface area contributed by atoms with Gasteiger partial charge in [0.05, 0.1) is 12.1 Å². The first-order valence-electron chi connectivity index (χ1n) is 10.00. The van der Waals surface area contributed by atoms with E-state index in [2.05, 4.69) is 32.9 Å². The van der Waals surface area contributed by atoms with Gasteiger partial charge in [-0.25, -0.2) is 23.5 Å². The Labute approximate surface area is 147 Å². The zero-order valence-electron chi connectivity index (χ0n) is 15.3. The topological polar surface area (TPSA) is 48.9 Å². The van der Waals surface area contributed by atoms with Crippen molar-refractivity contribution in [2.75, 3.05) is 0 Å². The van der Waals surface area contributed by atoms with Crippen LogP contribution >= 0.6 is 0 Å². The van der Waals surface area contributed by atoms with Crippen molar-refractivity contribution in [3.05, 3.63) is 33.1 Å². The lowest BCUT2D eigenvalue weighted by Gasteiger charge is -2.52. The van der Waals surface area contributed by atoms with E-state index in [4.69, 9.17) is 0 Å². The van der Waals surface area contributed by atoms with Crippen LogP contribution in [-0.4, -0.2) is 13.9 Å². The second kappa shape index (κ2) is 4.07. The maximum absolute atomic E-state index is 13.4. The maximum atomic E-state index is 13.4. The highest BCUT2D eigenvalue weighted by Crippen LogP contribution is 2.69. The van der Waals surface area contributed by atoms with Crippen LogP contribution in [0, 0.1) is 28.6 Å². The lowest BCUT2D eigenvalue weighted by Crippen LogP contribution is -2.52. The third-order valence-corrected chi connectivity index (χ3v) is 9.43. The minimum atomic E-state index is -0.0516. The van der Waals surface area contributed by atoms with Crippen molar-refractivity contribution in [1.82, 2.24) is 13.9 Å². The van der Waals surface area contributed by atoms with Crippen molar-refractivity contribution in [3.8, 4) is 0 Å². The summed E-state index contributed by atoms with van der Waals surface area (Å²) in [6, 6.07) is 0.262. The van der Waals surface area contributed by atoms with Crippen LogP contribution in [0.4, 0.5) is 0 Å². The standard InChI is InChI=1S/C20H27N3O2/c1-19(2)11-8-9-20(19,3)16(10-11)21-17(24)22-14-6-7-15(23(22)18(21)25)13-5-4-12(13)14/h6-7,11-16H,4-5,8-10H2,1-3H3/t11-,12-,13-,14+,15+,16+,20+/m0/s1. The largest absolute Gasteiger partial charge is 0.348 e. The van der Waals surface area contributed by atoms with Crippen LogP contribution in [0.5, 0.6) is 0 Å². The first kappa shape index (κ1) is 14.6. The van der Waals surface area contributed by atoms with E-state index >= 15 is 0 Å². The van der Waals surface area contributed by atoms with Gasteiger partial charge in [0.25, 0.3) is 0 Å². The van der Waals surface area contributed by atoms with Crippen molar-refractivity contribution < 1.29 is 0 Å². The first-order valence-corrected chi connectivity index (χ1v) is 10.00. The van der Waals surface area contributed by atoms with Crippen molar-refractivity contribution in [2.45, 2.75) is 71.0 Å². The van der Waals surface area contributed by atoms with Crippen LogP contribution in [-0.2, 0) is 0 Å². The number of hydrogen-bond donors (Lipinski definition) is 0. The minimum Gasteiger partial charge on any atom is -0.246 e. The fourth-order valence-corrected chi connectivity index (χ4v) is 7.29. The molecule has 0 N–H and O–H groups in total. The smallest absolute Gasteiger partial charge is 0.246 e. The predicted molar refractivity (Wildman–Crippen MR) is 94.6 cm³/mol. The molecule has 3 heterocycles. The van der Waals surface area contributed by atoms with E-state index in [1.165, 1.54) is 19.3 Å². The molecule has 3 saturated carbocycles. The SMILES string of the molecule is CC1(C)[C@H]2CC[C@]1(C)[C@H](n1c(=O)n3n(c1=O)[C@@H]1C=C[C@@H]3[C@H]3CC[C@@H]31)C2. The molecule has 0 spiro atoms. The number of allylic oxidation sites excluding steroid dienone is 2. The lowest BCUT2D eigenvalue weighted by molar-refractivity contribution is 0.0154. The third kappa shape index (κ3) is 1.35. The van der Waals surface area contributed by atoms with Gasteiger partial charge in [0, 0.05) is 6.04 Å². The molecule has 0 amide bonds. The van der Waals surface area contributed by atoms with E-state index in [0.29, 0.717) is 17.8 Å². The normalized spacial score (nSPS) is 47.6. The van der Waals surface area contributed by atoms with Crippen LogP contribution in [0.3, 0.4) is 0 Å².